The number of hydrogen-bond acceptors (Lipinski definition) is 3. The second-order valence-electron chi connectivity index (χ2n) is 9.04. The lowest BCUT2D eigenvalue weighted by atomic mass is 10.1. The van der Waals surface area contributed by atoms with Gasteiger partial charge in [-0.2, -0.15) is 0 Å². The Morgan fingerprint density at radius 2 is 1.06 bits per heavy atom. The Bertz CT molecular complexity index is 1130. The van der Waals surface area contributed by atoms with Crippen molar-refractivity contribution >= 4 is 29.1 Å². The van der Waals surface area contributed by atoms with E-state index in [2.05, 4.69) is 16.0 Å². The third-order valence-corrected chi connectivity index (χ3v) is 4.98. The summed E-state index contributed by atoms with van der Waals surface area (Å²) in [4.78, 5) is 38.5. The fraction of sp³-hybridized carbons (Fsp3) is 0.222. The molecule has 0 unspecified atom stereocenters. The van der Waals surface area contributed by atoms with E-state index in [4.69, 9.17) is 0 Å². The van der Waals surface area contributed by atoms with Crippen LogP contribution in [0.2, 0.25) is 0 Å². The molecule has 3 aromatic rings. The van der Waals surface area contributed by atoms with Crippen molar-refractivity contribution in [2.24, 2.45) is 0 Å². The van der Waals surface area contributed by atoms with Gasteiger partial charge >= 0.3 is 0 Å². The molecule has 0 aliphatic carbocycles. The van der Waals surface area contributed by atoms with Gasteiger partial charge in [0.2, 0.25) is 0 Å². The van der Waals surface area contributed by atoms with Gasteiger partial charge in [-0.15, -0.1) is 0 Å². The van der Waals surface area contributed by atoms with Gasteiger partial charge < -0.3 is 16.0 Å². The van der Waals surface area contributed by atoms with Gasteiger partial charge in [0.25, 0.3) is 17.7 Å². The maximum atomic E-state index is 12.8. The topological polar surface area (TPSA) is 87.3 Å². The SMILES string of the molecule is Cc1ccccc1C(=O)Nc1cc(NC(=O)c2ccccc2C)cc(C(=O)NC(C)(C)C)c1. The van der Waals surface area contributed by atoms with E-state index < -0.39 is 5.54 Å². The lowest BCUT2D eigenvalue weighted by Gasteiger charge is -2.21. The molecule has 0 saturated heterocycles. The van der Waals surface area contributed by atoms with E-state index >= 15 is 0 Å². The molecule has 0 fully saturated rings. The van der Waals surface area contributed by atoms with Crippen LogP contribution in [0.4, 0.5) is 11.4 Å². The first-order chi connectivity index (χ1) is 15.5. The standard InChI is InChI=1S/C27H29N3O3/c1-17-10-6-8-12-22(17)25(32)28-20-14-19(24(31)30-27(3,4)5)15-21(16-20)29-26(33)23-13-9-7-11-18(23)2/h6-16H,1-5H3,(H,28,32)(H,29,33)(H,30,31). The highest BCUT2D eigenvalue weighted by atomic mass is 16.2. The molecule has 33 heavy (non-hydrogen) atoms. The van der Waals surface area contributed by atoms with Gasteiger partial charge in [-0.3, -0.25) is 14.4 Å². The van der Waals surface area contributed by atoms with Crippen molar-refractivity contribution in [2.75, 3.05) is 10.6 Å². The van der Waals surface area contributed by atoms with Crippen LogP contribution in [0, 0.1) is 13.8 Å². The number of rotatable bonds is 5. The van der Waals surface area contributed by atoms with E-state index in [1.807, 2.05) is 58.9 Å². The molecule has 0 aliphatic rings. The number of aryl methyl sites for hydroxylation is 2. The first-order valence-corrected chi connectivity index (χ1v) is 10.7. The van der Waals surface area contributed by atoms with Gasteiger partial charge in [-0.05, 0) is 76.1 Å². The van der Waals surface area contributed by atoms with Gasteiger partial charge in [0.05, 0.1) is 0 Å². The Morgan fingerprint density at radius 1 is 0.636 bits per heavy atom. The van der Waals surface area contributed by atoms with Gasteiger partial charge in [-0.25, -0.2) is 0 Å². The van der Waals surface area contributed by atoms with E-state index in [-0.39, 0.29) is 17.7 Å². The van der Waals surface area contributed by atoms with Crippen LogP contribution < -0.4 is 16.0 Å². The molecule has 0 spiro atoms. The maximum Gasteiger partial charge on any atom is 0.255 e. The quantitative estimate of drug-likeness (QED) is 0.498. The van der Waals surface area contributed by atoms with Crippen LogP contribution in [0.1, 0.15) is 63.0 Å². The summed E-state index contributed by atoms with van der Waals surface area (Å²) in [5.74, 6) is -0.892. The highest BCUT2D eigenvalue weighted by Gasteiger charge is 2.18. The van der Waals surface area contributed by atoms with E-state index in [9.17, 15) is 14.4 Å². The molecule has 3 N–H and O–H groups in total. The van der Waals surface area contributed by atoms with Crippen molar-refractivity contribution in [1.29, 1.82) is 0 Å². The predicted octanol–water partition coefficient (Wildman–Crippen LogP) is 5.34. The number of anilines is 2. The Balaban J connectivity index is 1.95. The minimum absolute atomic E-state index is 0.294. The molecule has 6 nitrogen and oxygen atoms in total. The molecule has 0 saturated carbocycles. The first kappa shape index (κ1) is 23.7. The lowest BCUT2D eigenvalue weighted by molar-refractivity contribution is 0.0917. The number of amides is 3. The summed E-state index contributed by atoms with van der Waals surface area (Å²) in [5, 5.41) is 8.62. The first-order valence-electron chi connectivity index (χ1n) is 10.7. The number of carbonyl (C=O) groups is 3. The average Bonchev–Trinajstić information content (AvgIpc) is 2.73. The number of hydrogen-bond donors (Lipinski definition) is 3. The lowest BCUT2D eigenvalue weighted by Crippen LogP contribution is -2.40. The fourth-order valence-electron chi connectivity index (χ4n) is 3.37. The summed E-state index contributed by atoms with van der Waals surface area (Å²) in [6.45, 7) is 9.37. The van der Waals surface area contributed by atoms with Gasteiger partial charge in [-0.1, -0.05) is 36.4 Å². The van der Waals surface area contributed by atoms with E-state index in [0.29, 0.717) is 28.1 Å². The summed E-state index contributed by atoms with van der Waals surface area (Å²) >= 11 is 0. The summed E-state index contributed by atoms with van der Waals surface area (Å²) in [7, 11) is 0. The summed E-state index contributed by atoms with van der Waals surface area (Å²) in [5.41, 5.74) is 3.44. The van der Waals surface area contributed by atoms with Gasteiger partial charge in [0, 0.05) is 33.6 Å². The highest BCUT2D eigenvalue weighted by molar-refractivity contribution is 6.08. The Morgan fingerprint density at radius 3 is 1.45 bits per heavy atom. The molecule has 3 rings (SSSR count). The van der Waals surface area contributed by atoms with Crippen LogP contribution in [0.5, 0.6) is 0 Å². The fourth-order valence-corrected chi connectivity index (χ4v) is 3.37. The average molecular weight is 444 g/mol. The van der Waals surface area contributed by atoms with Crippen molar-refractivity contribution < 1.29 is 14.4 Å². The minimum Gasteiger partial charge on any atom is -0.347 e. The molecule has 3 amide bonds. The van der Waals surface area contributed by atoms with Crippen molar-refractivity contribution in [1.82, 2.24) is 5.32 Å². The number of carbonyl (C=O) groups excluding carboxylic acids is 3. The van der Waals surface area contributed by atoms with E-state index in [0.717, 1.165) is 11.1 Å². The normalized spacial score (nSPS) is 10.9. The highest BCUT2D eigenvalue weighted by Crippen LogP contribution is 2.22. The van der Waals surface area contributed by atoms with Crippen LogP contribution >= 0.6 is 0 Å². The smallest absolute Gasteiger partial charge is 0.255 e. The van der Waals surface area contributed by atoms with Crippen molar-refractivity contribution in [3.8, 4) is 0 Å². The molecule has 0 atom stereocenters. The van der Waals surface area contributed by atoms with Crippen LogP contribution in [0.3, 0.4) is 0 Å². The molecule has 0 aliphatic heterocycles. The van der Waals surface area contributed by atoms with Crippen LogP contribution in [0.15, 0.2) is 66.7 Å². The molecule has 6 heteroatoms. The molecule has 0 radical (unpaired) electrons. The van der Waals surface area contributed by atoms with Crippen LogP contribution in [-0.2, 0) is 0 Å². The zero-order chi connectivity index (χ0) is 24.2. The third-order valence-electron chi connectivity index (χ3n) is 4.98. The molecular weight excluding hydrogens is 414 g/mol. The Labute approximate surface area is 194 Å². The van der Waals surface area contributed by atoms with Crippen molar-refractivity contribution in [3.05, 3.63) is 94.5 Å². The zero-order valence-corrected chi connectivity index (χ0v) is 19.6. The van der Waals surface area contributed by atoms with Crippen molar-refractivity contribution in [3.63, 3.8) is 0 Å². The number of nitrogens with one attached hydrogen (secondary N) is 3. The summed E-state index contributed by atoms with van der Waals surface area (Å²) in [6, 6.07) is 19.3. The maximum absolute atomic E-state index is 12.8. The van der Waals surface area contributed by atoms with E-state index in [1.54, 1.807) is 42.5 Å². The van der Waals surface area contributed by atoms with Crippen LogP contribution in [0.25, 0.3) is 0 Å². The monoisotopic (exact) mass is 443 g/mol. The largest absolute Gasteiger partial charge is 0.347 e. The Kier molecular flexibility index (Phi) is 6.97. The zero-order valence-electron chi connectivity index (χ0n) is 19.6. The molecule has 170 valence electrons. The second-order valence-corrected chi connectivity index (χ2v) is 9.04. The summed E-state index contributed by atoms with van der Waals surface area (Å²) in [6.07, 6.45) is 0. The molecule has 3 aromatic carbocycles. The number of benzene rings is 3. The molecule has 0 aromatic heterocycles. The van der Waals surface area contributed by atoms with E-state index in [1.165, 1.54) is 0 Å². The molecular formula is C27H29N3O3. The minimum atomic E-state index is -0.442. The Hall–Kier alpha value is -3.93. The summed E-state index contributed by atoms with van der Waals surface area (Å²) < 4.78 is 0. The second kappa shape index (κ2) is 9.69. The molecule has 0 heterocycles. The third kappa shape index (κ3) is 6.29. The van der Waals surface area contributed by atoms with Gasteiger partial charge in [0.15, 0.2) is 0 Å². The van der Waals surface area contributed by atoms with Crippen molar-refractivity contribution in [2.45, 2.75) is 40.2 Å². The predicted molar refractivity (Wildman–Crippen MR) is 132 cm³/mol. The van der Waals surface area contributed by atoms with Gasteiger partial charge in [0.1, 0.15) is 0 Å². The van der Waals surface area contributed by atoms with Crippen LogP contribution in [-0.4, -0.2) is 23.3 Å². The molecule has 0 bridgehead atoms.